The van der Waals surface area contributed by atoms with Crippen LogP contribution in [-0.4, -0.2) is 28.8 Å². The molecular weight excluding hydrogens is 134 g/mol. The van der Waals surface area contributed by atoms with Crippen molar-refractivity contribution in [1.29, 1.82) is 0 Å². The number of hydrogen-bond acceptors (Lipinski definition) is 3. The second kappa shape index (κ2) is 4.24. The molecule has 4 heteroatoms. The highest BCUT2D eigenvalue weighted by Crippen LogP contribution is 2.05. The van der Waals surface area contributed by atoms with Gasteiger partial charge in [0.15, 0.2) is 0 Å². The van der Waals surface area contributed by atoms with Crippen LogP contribution in [0.25, 0.3) is 0 Å². The summed E-state index contributed by atoms with van der Waals surface area (Å²) in [7, 11) is 0. The van der Waals surface area contributed by atoms with Gasteiger partial charge in [-0.3, -0.25) is 4.79 Å². The van der Waals surface area contributed by atoms with Gasteiger partial charge in [-0.05, 0) is 12.3 Å². The van der Waals surface area contributed by atoms with Gasteiger partial charge in [-0.2, -0.15) is 0 Å². The van der Waals surface area contributed by atoms with E-state index in [1.807, 2.05) is 0 Å². The molecule has 0 rings (SSSR count). The van der Waals surface area contributed by atoms with E-state index in [9.17, 15) is 4.79 Å². The molecule has 0 aliphatic heterocycles. The fourth-order valence-corrected chi connectivity index (χ4v) is 0.642. The lowest BCUT2D eigenvalue weighted by Crippen LogP contribution is -2.34. The van der Waals surface area contributed by atoms with Crippen molar-refractivity contribution in [1.82, 2.24) is 0 Å². The van der Waals surface area contributed by atoms with E-state index in [0.717, 1.165) is 0 Å². The Kier molecular flexibility index (Phi) is 3.99. The number of hydrogen-bond donors (Lipinski definition) is 3. The quantitative estimate of drug-likeness (QED) is 0.469. The summed E-state index contributed by atoms with van der Waals surface area (Å²) in [6, 6.07) is 0. The first kappa shape index (κ1) is 9.39. The Balaban J connectivity index is 3.69. The van der Waals surface area contributed by atoms with Gasteiger partial charge < -0.3 is 15.9 Å². The summed E-state index contributed by atoms with van der Waals surface area (Å²) in [5.41, 5.74) is 4.80. The van der Waals surface area contributed by atoms with E-state index < -0.39 is 12.0 Å². The van der Waals surface area contributed by atoms with Crippen LogP contribution in [0.2, 0.25) is 0 Å². The van der Waals surface area contributed by atoms with E-state index in [-0.39, 0.29) is 12.5 Å². The van der Waals surface area contributed by atoms with Crippen LogP contribution in [0.15, 0.2) is 0 Å². The molecule has 1 amide bonds. The second-order valence-electron chi connectivity index (χ2n) is 2.34. The molecule has 0 aromatic carbocycles. The molecule has 10 heavy (non-hydrogen) atoms. The highest BCUT2D eigenvalue weighted by molar-refractivity contribution is 5.78. The molecule has 0 heterocycles. The first-order valence-electron chi connectivity index (χ1n) is 3.17. The van der Waals surface area contributed by atoms with Gasteiger partial charge in [0.05, 0.1) is 0 Å². The lowest BCUT2D eigenvalue weighted by Gasteiger charge is -2.13. The Morgan fingerprint density at radius 2 is 2.20 bits per heavy atom. The van der Waals surface area contributed by atoms with Crippen molar-refractivity contribution < 1.29 is 15.0 Å². The van der Waals surface area contributed by atoms with Gasteiger partial charge in [0.2, 0.25) is 5.91 Å². The summed E-state index contributed by atoms with van der Waals surface area (Å²) in [6.45, 7) is 1.62. The fourth-order valence-electron chi connectivity index (χ4n) is 0.642. The molecule has 0 radical (unpaired) electrons. The maximum Gasteiger partial charge on any atom is 0.246 e. The third kappa shape index (κ3) is 2.80. The van der Waals surface area contributed by atoms with Gasteiger partial charge in [0, 0.05) is 6.61 Å². The molecule has 0 saturated heterocycles. The summed E-state index contributed by atoms with van der Waals surface area (Å²) >= 11 is 0. The Morgan fingerprint density at radius 1 is 1.70 bits per heavy atom. The lowest BCUT2D eigenvalue weighted by molar-refractivity contribution is -0.128. The van der Waals surface area contributed by atoms with Crippen LogP contribution in [0.4, 0.5) is 0 Å². The molecule has 2 atom stereocenters. The molecule has 0 saturated carbocycles. The molecule has 0 aromatic rings. The highest BCUT2D eigenvalue weighted by atomic mass is 16.3. The predicted molar refractivity (Wildman–Crippen MR) is 36.1 cm³/mol. The second-order valence-corrected chi connectivity index (χ2v) is 2.34. The van der Waals surface area contributed by atoms with Gasteiger partial charge in [-0.1, -0.05) is 6.92 Å². The number of nitrogens with two attached hydrogens (primary N) is 1. The predicted octanol–water partition coefficient (Wildman–Crippen LogP) is -1.15. The molecule has 0 spiro atoms. The number of aliphatic hydroxyl groups excluding tert-OH is 2. The molecule has 0 fully saturated rings. The summed E-state index contributed by atoms with van der Waals surface area (Å²) in [6.07, 6.45) is -0.739. The first-order valence-corrected chi connectivity index (χ1v) is 3.17. The molecular formula is C6H13NO3. The molecule has 0 bridgehead atoms. The Labute approximate surface area is 59.7 Å². The van der Waals surface area contributed by atoms with Crippen molar-refractivity contribution in [3.8, 4) is 0 Å². The van der Waals surface area contributed by atoms with Gasteiger partial charge in [-0.25, -0.2) is 0 Å². The van der Waals surface area contributed by atoms with E-state index >= 15 is 0 Å². The zero-order valence-electron chi connectivity index (χ0n) is 5.95. The molecule has 0 aromatic heterocycles. The zero-order valence-corrected chi connectivity index (χ0v) is 5.95. The minimum Gasteiger partial charge on any atom is -0.396 e. The molecule has 60 valence electrons. The number of rotatable bonds is 4. The third-order valence-electron chi connectivity index (χ3n) is 1.41. The molecule has 4 N–H and O–H groups in total. The monoisotopic (exact) mass is 147 g/mol. The molecule has 4 nitrogen and oxygen atoms in total. The normalized spacial score (nSPS) is 16.3. The van der Waals surface area contributed by atoms with Crippen molar-refractivity contribution in [3.05, 3.63) is 0 Å². The van der Waals surface area contributed by atoms with Crippen molar-refractivity contribution >= 4 is 5.91 Å². The number of aliphatic hydroxyl groups is 2. The number of carbonyl (C=O) groups is 1. The van der Waals surface area contributed by atoms with Gasteiger partial charge in [0.1, 0.15) is 6.10 Å². The maximum absolute atomic E-state index is 10.3. The molecule has 0 aliphatic carbocycles. The Hall–Kier alpha value is -0.610. The molecule has 0 aliphatic rings. The topological polar surface area (TPSA) is 83.6 Å². The minimum absolute atomic E-state index is 0.0362. The van der Waals surface area contributed by atoms with Crippen molar-refractivity contribution in [2.45, 2.75) is 19.4 Å². The third-order valence-corrected chi connectivity index (χ3v) is 1.41. The van der Waals surface area contributed by atoms with Crippen molar-refractivity contribution in [2.24, 2.45) is 11.7 Å². The van der Waals surface area contributed by atoms with Crippen molar-refractivity contribution in [3.63, 3.8) is 0 Å². The van der Waals surface area contributed by atoms with E-state index in [2.05, 4.69) is 0 Å². The van der Waals surface area contributed by atoms with Crippen LogP contribution in [0, 0.1) is 5.92 Å². The fraction of sp³-hybridized carbons (Fsp3) is 0.833. The SMILES string of the molecule is CC(CCO)C(O)C(N)=O. The smallest absolute Gasteiger partial charge is 0.246 e. The van der Waals surface area contributed by atoms with Gasteiger partial charge >= 0.3 is 0 Å². The van der Waals surface area contributed by atoms with Crippen LogP contribution in [0.5, 0.6) is 0 Å². The lowest BCUT2D eigenvalue weighted by atomic mass is 10.0. The summed E-state index contributed by atoms with van der Waals surface area (Å²) < 4.78 is 0. The van der Waals surface area contributed by atoms with E-state index in [4.69, 9.17) is 15.9 Å². The minimum atomic E-state index is -1.13. The van der Waals surface area contributed by atoms with Crippen LogP contribution >= 0.6 is 0 Å². The summed E-state index contributed by atoms with van der Waals surface area (Å²) in [4.78, 5) is 10.3. The van der Waals surface area contributed by atoms with Crippen LogP contribution in [0.3, 0.4) is 0 Å². The van der Waals surface area contributed by atoms with Crippen LogP contribution in [-0.2, 0) is 4.79 Å². The van der Waals surface area contributed by atoms with Crippen molar-refractivity contribution in [2.75, 3.05) is 6.61 Å². The largest absolute Gasteiger partial charge is 0.396 e. The standard InChI is InChI=1S/C6H13NO3/c1-4(2-3-8)5(9)6(7)10/h4-5,8-9H,2-3H2,1H3,(H2,7,10). The first-order chi connectivity index (χ1) is 4.59. The zero-order chi connectivity index (χ0) is 8.15. The maximum atomic E-state index is 10.3. The van der Waals surface area contributed by atoms with E-state index in [1.54, 1.807) is 6.92 Å². The number of carbonyl (C=O) groups excluding carboxylic acids is 1. The van der Waals surface area contributed by atoms with Crippen LogP contribution in [0.1, 0.15) is 13.3 Å². The average molecular weight is 147 g/mol. The molecule has 2 unspecified atom stereocenters. The Morgan fingerprint density at radius 3 is 2.50 bits per heavy atom. The number of amides is 1. The Bertz CT molecular complexity index is 116. The van der Waals surface area contributed by atoms with Gasteiger partial charge in [0.25, 0.3) is 0 Å². The summed E-state index contributed by atoms with van der Waals surface area (Å²) in [5.74, 6) is -0.997. The summed E-state index contributed by atoms with van der Waals surface area (Å²) in [5, 5.41) is 17.3. The van der Waals surface area contributed by atoms with E-state index in [0.29, 0.717) is 6.42 Å². The van der Waals surface area contributed by atoms with Crippen LogP contribution < -0.4 is 5.73 Å². The highest BCUT2D eigenvalue weighted by Gasteiger charge is 2.18. The average Bonchev–Trinajstić information content (AvgIpc) is 1.87. The number of primary amides is 1. The van der Waals surface area contributed by atoms with Gasteiger partial charge in [-0.15, -0.1) is 0 Å². The van der Waals surface area contributed by atoms with E-state index in [1.165, 1.54) is 0 Å².